The van der Waals surface area contributed by atoms with E-state index in [-0.39, 0.29) is 18.1 Å². The Bertz CT molecular complexity index is 481. The van der Waals surface area contributed by atoms with Gasteiger partial charge in [-0.05, 0) is 47.5 Å². The van der Waals surface area contributed by atoms with Crippen molar-refractivity contribution in [2.24, 2.45) is 0 Å². The molecule has 1 aromatic rings. The number of thiol groups is 1. The average molecular weight is 344 g/mol. The lowest BCUT2D eigenvalue weighted by Gasteiger charge is -2.38. The molecule has 0 spiro atoms. The van der Waals surface area contributed by atoms with E-state index in [1.165, 1.54) is 0 Å². The Balaban J connectivity index is 2.28. The molecule has 5 heteroatoms. The fourth-order valence-corrected chi connectivity index (χ4v) is 2.88. The van der Waals surface area contributed by atoms with Crippen molar-refractivity contribution in [1.82, 2.24) is 4.90 Å². The molecule has 3 nitrogen and oxygen atoms in total. The largest absolute Gasteiger partial charge is 0.375 e. The van der Waals surface area contributed by atoms with Crippen LogP contribution in [0.4, 0.5) is 0 Å². The second-order valence-electron chi connectivity index (χ2n) is 4.83. The summed E-state index contributed by atoms with van der Waals surface area (Å²) < 4.78 is 6.44. The first kappa shape index (κ1) is 14.9. The van der Waals surface area contributed by atoms with E-state index in [2.05, 4.69) is 35.5 Å². The summed E-state index contributed by atoms with van der Waals surface area (Å²) in [5.74, 6) is 0.0461. The number of hydrogen-bond donors (Lipinski definition) is 1. The molecule has 0 saturated carbocycles. The Labute approximate surface area is 127 Å². The molecule has 104 valence electrons. The monoisotopic (exact) mass is 343 g/mol. The number of carbonyl (C=O) groups is 1. The van der Waals surface area contributed by atoms with Gasteiger partial charge in [0.05, 0.1) is 24.3 Å². The summed E-state index contributed by atoms with van der Waals surface area (Å²) in [5, 5.41) is 0. The van der Waals surface area contributed by atoms with Crippen LogP contribution < -0.4 is 0 Å². The molecule has 0 aromatic heterocycles. The molecular formula is C14H18BrNO2S. The molecule has 2 rings (SSSR count). The Morgan fingerprint density at radius 2 is 2.32 bits per heavy atom. The van der Waals surface area contributed by atoms with E-state index in [4.69, 9.17) is 4.74 Å². The number of benzene rings is 1. The average Bonchev–Trinajstić information content (AvgIpc) is 2.40. The molecule has 1 amide bonds. The zero-order valence-corrected chi connectivity index (χ0v) is 13.6. The third kappa shape index (κ3) is 3.33. The minimum absolute atomic E-state index is 0.0461. The number of morpholine rings is 1. The van der Waals surface area contributed by atoms with Crippen LogP contribution in [0.3, 0.4) is 0 Å². The molecule has 19 heavy (non-hydrogen) atoms. The van der Waals surface area contributed by atoms with Crippen LogP contribution >= 0.6 is 28.6 Å². The Morgan fingerprint density at radius 1 is 1.58 bits per heavy atom. The van der Waals surface area contributed by atoms with Crippen LogP contribution in [0.1, 0.15) is 30.6 Å². The first-order valence-corrected chi connectivity index (χ1v) is 7.68. The van der Waals surface area contributed by atoms with E-state index in [0.717, 1.165) is 15.8 Å². The van der Waals surface area contributed by atoms with Gasteiger partial charge in [-0.25, -0.2) is 0 Å². The third-order valence-electron chi connectivity index (χ3n) is 3.38. The van der Waals surface area contributed by atoms with Crippen molar-refractivity contribution in [2.45, 2.75) is 37.3 Å². The highest BCUT2D eigenvalue weighted by atomic mass is 79.9. The second kappa shape index (κ2) is 6.29. The molecule has 0 radical (unpaired) electrons. The number of ether oxygens (including phenoxy) is 1. The Kier molecular flexibility index (Phi) is 4.92. The van der Waals surface area contributed by atoms with E-state index < -0.39 is 0 Å². The SMILES string of the molecule is CCC1COC(C)CN1C(=O)c1cc(S)ccc1Br. The zero-order chi connectivity index (χ0) is 14.0. The second-order valence-corrected chi connectivity index (χ2v) is 6.20. The molecule has 0 N–H and O–H groups in total. The molecule has 1 saturated heterocycles. The predicted molar refractivity (Wildman–Crippen MR) is 81.9 cm³/mol. The fraction of sp³-hybridized carbons (Fsp3) is 0.500. The van der Waals surface area contributed by atoms with Gasteiger partial charge in [-0.2, -0.15) is 0 Å². The van der Waals surface area contributed by atoms with Gasteiger partial charge in [-0.1, -0.05) is 6.92 Å². The molecule has 2 atom stereocenters. The highest BCUT2D eigenvalue weighted by Gasteiger charge is 2.30. The maximum atomic E-state index is 12.7. The standard InChI is InChI=1S/C14H18BrNO2S/c1-3-10-8-18-9(2)7-16(10)14(17)12-6-11(19)4-5-13(12)15/h4-6,9-10,19H,3,7-8H2,1-2H3. The smallest absolute Gasteiger partial charge is 0.255 e. The highest BCUT2D eigenvalue weighted by molar-refractivity contribution is 9.10. The number of nitrogens with zero attached hydrogens (tertiary/aromatic N) is 1. The summed E-state index contributed by atoms with van der Waals surface area (Å²) in [6, 6.07) is 5.69. The minimum atomic E-state index is 0.0461. The van der Waals surface area contributed by atoms with Gasteiger partial charge in [0, 0.05) is 15.9 Å². The van der Waals surface area contributed by atoms with Crippen LogP contribution in [0.25, 0.3) is 0 Å². The van der Waals surface area contributed by atoms with Gasteiger partial charge in [-0.15, -0.1) is 12.6 Å². The Morgan fingerprint density at radius 3 is 3.00 bits per heavy atom. The highest BCUT2D eigenvalue weighted by Crippen LogP contribution is 2.24. The van der Waals surface area contributed by atoms with Gasteiger partial charge < -0.3 is 9.64 Å². The molecule has 0 aliphatic carbocycles. The van der Waals surface area contributed by atoms with Crippen molar-refractivity contribution in [2.75, 3.05) is 13.2 Å². The molecule has 1 aliphatic rings. The molecule has 1 aliphatic heterocycles. The first-order valence-electron chi connectivity index (χ1n) is 6.44. The summed E-state index contributed by atoms with van der Waals surface area (Å²) in [5.41, 5.74) is 0.667. The van der Waals surface area contributed by atoms with E-state index in [0.29, 0.717) is 18.7 Å². The molecule has 0 bridgehead atoms. The molecule has 1 heterocycles. The summed E-state index contributed by atoms with van der Waals surface area (Å²) in [4.78, 5) is 15.4. The van der Waals surface area contributed by atoms with Gasteiger partial charge in [0.15, 0.2) is 0 Å². The normalized spacial score (nSPS) is 23.5. The van der Waals surface area contributed by atoms with Crippen LogP contribution in [0.2, 0.25) is 0 Å². The molecular weight excluding hydrogens is 326 g/mol. The number of amides is 1. The third-order valence-corrected chi connectivity index (χ3v) is 4.35. The van der Waals surface area contributed by atoms with E-state index >= 15 is 0 Å². The lowest BCUT2D eigenvalue weighted by molar-refractivity contribution is -0.0444. The van der Waals surface area contributed by atoms with Crippen molar-refractivity contribution >= 4 is 34.5 Å². The van der Waals surface area contributed by atoms with E-state index in [9.17, 15) is 4.79 Å². The fourth-order valence-electron chi connectivity index (χ4n) is 2.26. The number of carbonyl (C=O) groups excluding carboxylic acids is 1. The van der Waals surface area contributed by atoms with E-state index in [1.807, 2.05) is 30.0 Å². The van der Waals surface area contributed by atoms with Gasteiger partial charge in [-0.3, -0.25) is 4.79 Å². The van der Waals surface area contributed by atoms with Crippen LogP contribution in [0, 0.1) is 0 Å². The summed E-state index contributed by atoms with van der Waals surface area (Å²) >= 11 is 7.75. The summed E-state index contributed by atoms with van der Waals surface area (Å²) in [6.45, 7) is 5.33. The van der Waals surface area contributed by atoms with Crippen LogP contribution in [0.15, 0.2) is 27.6 Å². The molecule has 1 fully saturated rings. The zero-order valence-electron chi connectivity index (χ0n) is 11.1. The van der Waals surface area contributed by atoms with Gasteiger partial charge >= 0.3 is 0 Å². The minimum Gasteiger partial charge on any atom is -0.375 e. The van der Waals surface area contributed by atoms with Crippen molar-refractivity contribution in [3.05, 3.63) is 28.2 Å². The van der Waals surface area contributed by atoms with Gasteiger partial charge in [0.1, 0.15) is 0 Å². The maximum Gasteiger partial charge on any atom is 0.255 e. The quantitative estimate of drug-likeness (QED) is 0.834. The summed E-state index contributed by atoms with van der Waals surface area (Å²) in [7, 11) is 0. The van der Waals surface area contributed by atoms with Crippen molar-refractivity contribution < 1.29 is 9.53 Å². The molecule has 1 aromatic carbocycles. The van der Waals surface area contributed by atoms with Gasteiger partial charge in [0.2, 0.25) is 0 Å². The number of rotatable bonds is 2. The summed E-state index contributed by atoms with van der Waals surface area (Å²) in [6.07, 6.45) is 0.987. The topological polar surface area (TPSA) is 29.5 Å². The van der Waals surface area contributed by atoms with Crippen molar-refractivity contribution in [3.8, 4) is 0 Å². The van der Waals surface area contributed by atoms with Crippen molar-refractivity contribution in [3.63, 3.8) is 0 Å². The van der Waals surface area contributed by atoms with Crippen molar-refractivity contribution in [1.29, 1.82) is 0 Å². The van der Waals surface area contributed by atoms with Crippen LogP contribution in [0.5, 0.6) is 0 Å². The van der Waals surface area contributed by atoms with E-state index in [1.54, 1.807) is 0 Å². The number of hydrogen-bond acceptors (Lipinski definition) is 3. The first-order chi connectivity index (χ1) is 9.02. The maximum absolute atomic E-state index is 12.7. The Hall–Kier alpha value is -0.520. The van der Waals surface area contributed by atoms with Crippen LogP contribution in [-0.4, -0.2) is 36.1 Å². The molecule has 2 unspecified atom stereocenters. The number of halogens is 1. The lowest BCUT2D eigenvalue weighted by Crippen LogP contribution is -2.51. The van der Waals surface area contributed by atoms with Crippen LogP contribution in [-0.2, 0) is 4.74 Å². The lowest BCUT2D eigenvalue weighted by atomic mass is 10.1. The predicted octanol–water partition coefficient (Wildman–Crippen LogP) is 3.38. The van der Waals surface area contributed by atoms with Gasteiger partial charge in [0.25, 0.3) is 5.91 Å².